The topological polar surface area (TPSA) is 52.5 Å². The normalized spacial score (nSPS) is 41.1. The minimum absolute atomic E-state index is 0.183. The maximum absolute atomic E-state index is 12.5. The van der Waals surface area contributed by atoms with Gasteiger partial charge in [0.2, 0.25) is 6.43 Å². The largest absolute Gasteiger partial charge is 0.390 e. The van der Waals surface area contributed by atoms with Gasteiger partial charge in [-0.15, -0.1) is 0 Å². The maximum Gasteiger partial charge on any atom is 0.245 e. The van der Waals surface area contributed by atoms with Crippen LogP contribution in [0, 0.1) is 5.92 Å². The number of halogens is 2. The van der Waals surface area contributed by atoms with Crippen LogP contribution < -0.4 is 5.32 Å². The van der Waals surface area contributed by atoms with E-state index in [9.17, 15) is 13.9 Å². The minimum Gasteiger partial charge on any atom is -0.390 e. The zero-order valence-electron chi connectivity index (χ0n) is 7.45. The molecule has 1 rings (SSSR count). The van der Waals surface area contributed by atoms with Gasteiger partial charge in [0.1, 0.15) is 0 Å². The molecule has 0 aromatic heterocycles. The van der Waals surface area contributed by atoms with Crippen molar-refractivity contribution in [3.05, 3.63) is 0 Å². The Morgan fingerprint density at radius 2 is 2.08 bits per heavy atom. The summed E-state index contributed by atoms with van der Waals surface area (Å²) in [5.41, 5.74) is 0. The highest BCUT2D eigenvalue weighted by Crippen LogP contribution is 2.25. The van der Waals surface area contributed by atoms with E-state index in [-0.39, 0.29) is 6.54 Å². The number of rotatable bonds is 2. The Kier molecular flexibility index (Phi) is 3.58. The molecule has 1 aliphatic heterocycles. The van der Waals surface area contributed by atoms with Crippen molar-refractivity contribution in [1.29, 1.82) is 0 Å². The Hall–Kier alpha value is -0.260. The van der Waals surface area contributed by atoms with Crippen LogP contribution >= 0.6 is 0 Å². The first-order valence-corrected chi connectivity index (χ1v) is 4.45. The van der Waals surface area contributed by atoms with Gasteiger partial charge in [0, 0.05) is 12.6 Å². The SMILES string of the molecule is CC[C@H]1NC[C@@H](O)[C@H](O)[C@H]1C(F)F. The van der Waals surface area contributed by atoms with Gasteiger partial charge in [0.15, 0.2) is 0 Å². The van der Waals surface area contributed by atoms with E-state index in [1.807, 2.05) is 0 Å². The van der Waals surface area contributed by atoms with Crippen LogP contribution in [0.2, 0.25) is 0 Å². The Bertz CT molecular complexity index is 166. The minimum atomic E-state index is -2.60. The molecule has 0 aliphatic carbocycles. The first kappa shape index (κ1) is 10.8. The third kappa shape index (κ3) is 2.15. The first-order chi connectivity index (χ1) is 6.07. The van der Waals surface area contributed by atoms with E-state index in [4.69, 9.17) is 5.11 Å². The average molecular weight is 195 g/mol. The van der Waals surface area contributed by atoms with Crippen molar-refractivity contribution >= 4 is 0 Å². The molecule has 0 aromatic rings. The van der Waals surface area contributed by atoms with Crippen molar-refractivity contribution in [2.45, 2.75) is 38.0 Å². The summed E-state index contributed by atoms with van der Waals surface area (Å²) < 4.78 is 24.9. The average Bonchev–Trinajstić information content (AvgIpc) is 2.08. The fourth-order valence-electron chi connectivity index (χ4n) is 1.76. The number of nitrogens with one attached hydrogen (secondary N) is 1. The first-order valence-electron chi connectivity index (χ1n) is 4.45. The van der Waals surface area contributed by atoms with Crippen LogP contribution in [0.15, 0.2) is 0 Å². The van der Waals surface area contributed by atoms with Gasteiger partial charge in [0.05, 0.1) is 18.1 Å². The monoisotopic (exact) mass is 195 g/mol. The Labute approximate surface area is 75.8 Å². The summed E-state index contributed by atoms with van der Waals surface area (Å²) in [6, 6.07) is -0.404. The third-order valence-electron chi connectivity index (χ3n) is 2.57. The van der Waals surface area contributed by atoms with Crippen molar-refractivity contribution < 1.29 is 19.0 Å². The lowest BCUT2D eigenvalue weighted by Crippen LogP contribution is -2.58. The van der Waals surface area contributed by atoms with E-state index in [0.29, 0.717) is 6.42 Å². The van der Waals surface area contributed by atoms with Gasteiger partial charge in [-0.25, -0.2) is 8.78 Å². The van der Waals surface area contributed by atoms with E-state index in [1.165, 1.54) is 0 Å². The molecule has 0 bridgehead atoms. The molecule has 1 fully saturated rings. The molecule has 0 spiro atoms. The van der Waals surface area contributed by atoms with Gasteiger partial charge < -0.3 is 15.5 Å². The molecule has 0 aromatic carbocycles. The predicted molar refractivity (Wildman–Crippen MR) is 43.6 cm³/mol. The van der Waals surface area contributed by atoms with Crippen LogP contribution in [-0.2, 0) is 0 Å². The van der Waals surface area contributed by atoms with Crippen LogP contribution in [-0.4, -0.2) is 41.4 Å². The van der Waals surface area contributed by atoms with Gasteiger partial charge in [0.25, 0.3) is 0 Å². The lowest BCUT2D eigenvalue weighted by atomic mass is 9.85. The van der Waals surface area contributed by atoms with Crippen LogP contribution in [0.25, 0.3) is 0 Å². The van der Waals surface area contributed by atoms with Crippen LogP contribution in [0.1, 0.15) is 13.3 Å². The summed E-state index contributed by atoms with van der Waals surface area (Å²) in [4.78, 5) is 0. The molecule has 1 saturated heterocycles. The van der Waals surface area contributed by atoms with E-state index >= 15 is 0 Å². The highest BCUT2D eigenvalue weighted by molar-refractivity contribution is 4.92. The van der Waals surface area contributed by atoms with Crippen molar-refractivity contribution in [2.24, 2.45) is 5.92 Å². The molecule has 4 atom stereocenters. The molecule has 0 saturated carbocycles. The fourth-order valence-corrected chi connectivity index (χ4v) is 1.76. The van der Waals surface area contributed by atoms with Crippen LogP contribution in [0.4, 0.5) is 8.78 Å². The number of hydrogen-bond acceptors (Lipinski definition) is 3. The number of hydrogen-bond donors (Lipinski definition) is 3. The summed E-state index contributed by atoms with van der Waals surface area (Å²) in [5.74, 6) is -1.16. The molecule has 78 valence electrons. The predicted octanol–water partition coefficient (Wildman–Crippen LogP) is -0.0287. The number of aliphatic hydroxyl groups is 2. The molecule has 3 N–H and O–H groups in total. The Balaban J connectivity index is 2.68. The van der Waals surface area contributed by atoms with Crippen molar-refractivity contribution in [3.8, 4) is 0 Å². The summed E-state index contributed by atoms with van der Waals surface area (Å²) in [5, 5.41) is 21.3. The van der Waals surface area contributed by atoms with Gasteiger partial charge in [-0.3, -0.25) is 0 Å². The highest BCUT2D eigenvalue weighted by Gasteiger charge is 2.41. The Morgan fingerprint density at radius 1 is 1.46 bits per heavy atom. The van der Waals surface area contributed by atoms with Crippen molar-refractivity contribution in [3.63, 3.8) is 0 Å². The molecule has 5 heteroatoms. The van der Waals surface area contributed by atoms with Crippen LogP contribution in [0.5, 0.6) is 0 Å². The number of aliphatic hydroxyl groups excluding tert-OH is 2. The molecular formula is C8H15F2NO2. The van der Waals surface area contributed by atoms with Crippen LogP contribution in [0.3, 0.4) is 0 Å². The second-order valence-corrected chi connectivity index (χ2v) is 3.39. The third-order valence-corrected chi connectivity index (χ3v) is 2.57. The molecule has 0 radical (unpaired) electrons. The second-order valence-electron chi connectivity index (χ2n) is 3.39. The maximum atomic E-state index is 12.5. The molecule has 13 heavy (non-hydrogen) atoms. The van der Waals surface area contributed by atoms with Crippen molar-refractivity contribution in [1.82, 2.24) is 5.32 Å². The van der Waals surface area contributed by atoms with Gasteiger partial charge in [-0.05, 0) is 6.42 Å². The summed E-state index contributed by atoms with van der Waals surface area (Å²) in [6.45, 7) is 1.96. The van der Waals surface area contributed by atoms with E-state index < -0.39 is 30.6 Å². The van der Waals surface area contributed by atoms with E-state index in [0.717, 1.165) is 0 Å². The lowest BCUT2D eigenvalue weighted by Gasteiger charge is -2.38. The number of β-amino-alcohol motifs (C(OH)–C–C–N with tert-alkyl or cyclic N) is 1. The summed E-state index contributed by atoms with van der Waals surface area (Å²) in [6.07, 6.45) is -4.46. The standard InChI is InChI=1S/C8H15F2NO2/c1-2-4-6(8(9)10)7(13)5(12)3-11-4/h4-8,11-13H,2-3H2,1H3/t4-,5-,6+,7+/m1/s1. The summed E-state index contributed by atoms with van der Waals surface area (Å²) in [7, 11) is 0. The fraction of sp³-hybridized carbons (Fsp3) is 1.00. The zero-order chi connectivity index (χ0) is 10.0. The second kappa shape index (κ2) is 4.30. The Morgan fingerprint density at radius 3 is 2.54 bits per heavy atom. The molecule has 0 amide bonds. The van der Waals surface area contributed by atoms with E-state index in [1.54, 1.807) is 6.92 Å². The lowest BCUT2D eigenvalue weighted by molar-refractivity contribution is -0.103. The van der Waals surface area contributed by atoms with Gasteiger partial charge in [-0.1, -0.05) is 6.92 Å². The molecule has 3 nitrogen and oxygen atoms in total. The summed E-state index contributed by atoms with van der Waals surface area (Å²) >= 11 is 0. The zero-order valence-corrected chi connectivity index (χ0v) is 7.45. The van der Waals surface area contributed by atoms with Gasteiger partial charge in [-0.2, -0.15) is 0 Å². The van der Waals surface area contributed by atoms with E-state index in [2.05, 4.69) is 5.32 Å². The molecule has 0 unspecified atom stereocenters. The number of piperidine rings is 1. The molecule has 1 heterocycles. The smallest absolute Gasteiger partial charge is 0.245 e. The molecular weight excluding hydrogens is 180 g/mol. The number of alkyl halides is 2. The van der Waals surface area contributed by atoms with Gasteiger partial charge >= 0.3 is 0 Å². The molecule has 1 aliphatic rings. The highest BCUT2D eigenvalue weighted by atomic mass is 19.3. The quantitative estimate of drug-likeness (QED) is 0.580. The van der Waals surface area contributed by atoms with Crippen molar-refractivity contribution in [2.75, 3.05) is 6.54 Å².